The topological polar surface area (TPSA) is 89.1 Å². The van der Waals surface area contributed by atoms with Crippen molar-refractivity contribution in [3.05, 3.63) is 0 Å². The number of aliphatic imine (C=N–C) groups is 1. The Morgan fingerprint density at radius 2 is 2.39 bits per heavy atom. The van der Waals surface area contributed by atoms with Crippen LogP contribution in [0.5, 0.6) is 0 Å². The fraction of sp³-hybridized carbons (Fsp3) is 0.909. The van der Waals surface area contributed by atoms with Crippen molar-refractivity contribution in [1.29, 1.82) is 0 Å². The lowest BCUT2D eigenvalue weighted by Crippen LogP contribution is -2.44. The molecular formula is C11H24IN3O3. The highest BCUT2D eigenvalue weighted by atomic mass is 127. The highest BCUT2D eigenvalue weighted by Gasteiger charge is 2.39. The molecule has 18 heavy (non-hydrogen) atoms. The van der Waals surface area contributed by atoms with Gasteiger partial charge in [0.15, 0.2) is 5.96 Å². The van der Waals surface area contributed by atoms with Crippen molar-refractivity contribution in [2.45, 2.75) is 38.0 Å². The molecule has 4 N–H and O–H groups in total. The largest absolute Gasteiger partial charge is 0.385 e. The van der Waals surface area contributed by atoms with E-state index < -0.39 is 5.60 Å². The molecule has 0 bridgehead atoms. The third-order valence-corrected chi connectivity index (χ3v) is 2.99. The summed E-state index contributed by atoms with van der Waals surface area (Å²) in [5, 5.41) is 13.2. The Morgan fingerprint density at radius 1 is 1.72 bits per heavy atom. The number of nitrogens with two attached hydrogens (primary N) is 1. The fourth-order valence-electron chi connectivity index (χ4n) is 1.79. The van der Waals surface area contributed by atoms with Gasteiger partial charge in [0.1, 0.15) is 5.60 Å². The maximum Gasteiger partial charge on any atom is 0.188 e. The van der Waals surface area contributed by atoms with Crippen LogP contribution in [0.3, 0.4) is 0 Å². The first-order valence-electron chi connectivity index (χ1n) is 5.87. The molecule has 3 unspecified atom stereocenters. The summed E-state index contributed by atoms with van der Waals surface area (Å²) >= 11 is 0. The minimum Gasteiger partial charge on any atom is -0.385 e. The van der Waals surface area contributed by atoms with E-state index in [1.165, 1.54) is 0 Å². The Bertz CT molecular complexity index is 278. The zero-order valence-electron chi connectivity index (χ0n) is 11.2. The zero-order chi connectivity index (χ0) is 12.9. The van der Waals surface area contributed by atoms with Gasteiger partial charge in [-0.25, -0.2) is 0 Å². The molecule has 0 aromatic heterocycles. The summed E-state index contributed by atoms with van der Waals surface area (Å²) in [4.78, 5) is 4.15. The van der Waals surface area contributed by atoms with Crippen LogP contribution in [0.25, 0.3) is 0 Å². The maximum absolute atomic E-state index is 10.2. The minimum atomic E-state index is -0.892. The quantitative estimate of drug-likeness (QED) is 0.361. The molecular weight excluding hydrogens is 349 g/mol. The summed E-state index contributed by atoms with van der Waals surface area (Å²) in [6.07, 6.45) is 0.397. The van der Waals surface area contributed by atoms with E-state index >= 15 is 0 Å². The van der Waals surface area contributed by atoms with Crippen molar-refractivity contribution in [3.8, 4) is 0 Å². The van der Waals surface area contributed by atoms with Crippen molar-refractivity contribution in [2.75, 3.05) is 26.9 Å². The van der Waals surface area contributed by atoms with Crippen molar-refractivity contribution in [3.63, 3.8) is 0 Å². The second-order valence-electron chi connectivity index (χ2n) is 4.57. The number of halogens is 1. The van der Waals surface area contributed by atoms with E-state index in [-0.39, 0.29) is 42.7 Å². The van der Waals surface area contributed by atoms with Crippen molar-refractivity contribution in [2.24, 2.45) is 10.7 Å². The lowest BCUT2D eigenvalue weighted by molar-refractivity contribution is -0.0201. The van der Waals surface area contributed by atoms with Crippen LogP contribution in [-0.2, 0) is 9.47 Å². The molecule has 3 atom stereocenters. The summed E-state index contributed by atoms with van der Waals surface area (Å²) in [6.45, 7) is 5.18. The van der Waals surface area contributed by atoms with Gasteiger partial charge in [-0.3, -0.25) is 4.99 Å². The van der Waals surface area contributed by atoms with E-state index in [0.29, 0.717) is 25.6 Å². The van der Waals surface area contributed by atoms with Crippen LogP contribution in [0, 0.1) is 0 Å². The van der Waals surface area contributed by atoms with E-state index in [0.717, 1.165) is 0 Å². The molecule has 0 saturated carbocycles. The average Bonchev–Trinajstić information content (AvgIpc) is 2.57. The third-order valence-electron chi connectivity index (χ3n) is 2.99. The zero-order valence-corrected chi connectivity index (χ0v) is 13.5. The van der Waals surface area contributed by atoms with Gasteiger partial charge in [0.05, 0.1) is 19.3 Å². The molecule has 0 spiro atoms. The monoisotopic (exact) mass is 373 g/mol. The van der Waals surface area contributed by atoms with Crippen LogP contribution in [0.2, 0.25) is 0 Å². The second-order valence-corrected chi connectivity index (χ2v) is 4.57. The van der Waals surface area contributed by atoms with Crippen LogP contribution in [0.1, 0.15) is 20.3 Å². The molecule has 0 aromatic carbocycles. The van der Waals surface area contributed by atoms with Crippen LogP contribution >= 0.6 is 24.0 Å². The number of rotatable bonds is 5. The predicted molar refractivity (Wildman–Crippen MR) is 81.4 cm³/mol. The first kappa shape index (κ1) is 17.9. The van der Waals surface area contributed by atoms with Gasteiger partial charge in [-0.2, -0.15) is 0 Å². The van der Waals surface area contributed by atoms with Crippen LogP contribution in [0.4, 0.5) is 0 Å². The van der Waals surface area contributed by atoms with Crippen LogP contribution in [-0.4, -0.2) is 55.7 Å². The molecule has 1 saturated heterocycles. The Hall–Kier alpha value is -0.120. The summed E-state index contributed by atoms with van der Waals surface area (Å²) in [6, 6.07) is 0.0932. The first-order chi connectivity index (χ1) is 7.98. The SMILES string of the molecule is COCC(C)NC(N)=NCC1(O)CCOC1C.I. The van der Waals surface area contributed by atoms with E-state index in [1.54, 1.807) is 7.11 Å². The Balaban J connectivity index is 0.00000289. The molecule has 0 radical (unpaired) electrons. The Kier molecular flexibility index (Phi) is 8.08. The average molecular weight is 373 g/mol. The molecule has 0 amide bonds. The summed E-state index contributed by atoms with van der Waals surface area (Å²) in [5.74, 6) is 0.321. The normalized spacial score (nSPS) is 29.8. The van der Waals surface area contributed by atoms with Gasteiger partial charge in [0.25, 0.3) is 0 Å². The van der Waals surface area contributed by atoms with Crippen LogP contribution < -0.4 is 11.1 Å². The van der Waals surface area contributed by atoms with E-state index in [1.807, 2.05) is 13.8 Å². The number of aliphatic hydroxyl groups is 1. The highest BCUT2D eigenvalue weighted by Crippen LogP contribution is 2.25. The standard InChI is InChI=1S/C11H23N3O3.HI/c1-8(6-16-3)14-10(12)13-7-11(15)4-5-17-9(11)2;/h8-9,15H,4-7H2,1-3H3,(H3,12,13,14);1H. The van der Waals surface area contributed by atoms with Gasteiger partial charge in [0, 0.05) is 26.2 Å². The van der Waals surface area contributed by atoms with Crippen LogP contribution in [0.15, 0.2) is 4.99 Å². The summed E-state index contributed by atoms with van der Waals surface area (Å²) in [5.41, 5.74) is 4.83. The predicted octanol–water partition coefficient (Wildman–Crippen LogP) is 0.0835. The van der Waals surface area contributed by atoms with E-state index in [9.17, 15) is 5.11 Å². The molecule has 0 aromatic rings. The second kappa shape index (κ2) is 8.13. The highest BCUT2D eigenvalue weighted by molar-refractivity contribution is 14.0. The summed E-state index contributed by atoms with van der Waals surface area (Å²) in [7, 11) is 1.63. The lowest BCUT2D eigenvalue weighted by atomic mass is 9.97. The molecule has 0 aliphatic carbocycles. The van der Waals surface area contributed by atoms with Crippen molar-refractivity contribution in [1.82, 2.24) is 5.32 Å². The van der Waals surface area contributed by atoms with Gasteiger partial charge in [-0.1, -0.05) is 0 Å². The number of nitrogens with one attached hydrogen (secondary N) is 1. The molecule has 7 heteroatoms. The molecule has 1 heterocycles. The Morgan fingerprint density at radius 3 is 2.89 bits per heavy atom. The summed E-state index contributed by atoms with van der Waals surface area (Å²) < 4.78 is 10.3. The van der Waals surface area contributed by atoms with Gasteiger partial charge in [0.2, 0.25) is 0 Å². The number of hydrogen-bond donors (Lipinski definition) is 3. The first-order valence-corrected chi connectivity index (χ1v) is 5.87. The number of hydrogen-bond acceptors (Lipinski definition) is 4. The van der Waals surface area contributed by atoms with Gasteiger partial charge >= 0.3 is 0 Å². The number of ether oxygens (including phenoxy) is 2. The molecule has 1 aliphatic rings. The molecule has 6 nitrogen and oxygen atoms in total. The number of guanidine groups is 1. The lowest BCUT2D eigenvalue weighted by Gasteiger charge is -2.24. The Labute approximate surface area is 125 Å². The van der Waals surface area contributed by atoms with Gasteiger partial charge < -0.3 is 25.6 Å². The molecule has 108 valence electrons. The van der Waals surface area contributed by atoms with Crippen molar-refractivity contribution < 1.29 is 14.6 Å². The van der Waals surface area contributed by atoms with Gasteiger partial charge in [-0.05, 0) is 13.8 Å². The minimum absolute atomic E-state index is 0. The van der Waals surface area contributed by atoms with E-state index in [4.69, 9.17) is 15.2 Å². The van der Waals surface area contributed by atoms with Crippen molar-refractivity contribution >= 4 is 29.9 Å². The number of nitrogens with zero attached hydrogens (tertiary/aromatic N) is 1. The third kappa shape index (κ3) is 5.25. The van der Waals surface area contributed by atoms with Gasteiger partial charge in [-0.15, -0.1) is 24.0 Å². The smallest absolute Gasteiger partial charge is 0.188 e. The fourth-order valence-corrected chi connectivity index (χ4v) is 1.79. The van der Waals surface area contributed by atoms with E-state index in [2.05, 4.69) is 10.3 Å². The number of methoxy groups -OCH3 is 1. The molecule has 1 rings (SSSR count). The molecule has 1 fully saturated rings. The molecule has 1 aliphatic heterocycles. The maximum atomic E-state index is 10.2.